The Bertz CT molecular complexity index is 554. The van der Waals surface area contributed by atoms with Gasteiger partial charge in [-0.3, -0.25) is 0 Å². The van der Waals surface area contributed by atoms with Crippen molar-refractivity contribution in [3.63, 3.8) is 0 Å². The molecule has 1 aliphatic rings. The van der Waals surface area contributed by atoms with Crippen LogP contribution in [0.15, 0.2) is 24.3 Å². The van der Waals surface area contributed by atoms with Crippen LogP contribution in [0.5, 0.6) is 0 Å². The van der Waals surface area contributed by atoms with Crippen LogP contribution in [0, 0.1) is 12.8 Å². The molecule has 1 unspecified atom stereocenters. The molecule has 0 bridgehead atoms. The molecule has 1 aromatic heterocycles. The third-order valence-electron chi connectivity index (χ3n) is 4.87. The van der Waals surface area contributed by atoms with Crippen LogP contribution < -0.4 is 5.32 Å². The first-order chi connectivity index (χ1) is 9.70. The number of fused-ring (bicyclic) bond motifs is 1. The molecule has 2 nitrogen and oxygen atoms in total. The van der Waals surface area contributed by atoms with Crippen LogP contribution in [-0.4, -0.2) is 10.6 Å². The number of hydrogen-bond acceptors (Lipinski definition) is 1. The molecule has 0 spiro atoms. The van der Waals surface area contributed by atoms with E-state index < -0.39 is 0 Å². The van der Waals surface area contributed by atoms with Gasteiger partial charge in [0.1, 0.15) is 0 Å². The van der Waals surface area contributed by atoms with Crippen LogP contribution >= 0.6 is 0 Å². The van der Waals surface area contributed by atoms with Gasteiger partial charge in [0.25, 0.3) is 0 Å². The lowest BCUT2D eigenvalue weighted by molar-refractivity contribution is 0.439. The quantitative estimate of drug-likeness (QED) is 0.834. The Morgan fingerprint density at radius 2 is 2.05 bits per heavy atom. The number of nitrogens with one attached hydrogen (secondary N) is 1. The van der Waals surface area contributed by atoms with Crippen LogP contribution in [0.1, 0.15) is 43.9 Å². The highest BCUT2D eigenvalue weighted by molar-refractivity contribution is 5.85. The monoisotopic (exact) mass is 270 g/mol. The Morgan fingerprint density at radius 3 is 2.70 bits per heavy atom. The average Bonchev–Trinajstić information content (AvgIpc) is 3.25. The second-order valence-corrected chi connectivity index (χ2v) is 6.31. The van der Waals surface area contributed by atoms with Crippen molar-refractivity contribution in [3.05, 3.63) is 35.5 Å². The zero-order valence-electron chi connectivity index (χ0n) is 12.9. The summed E-state index contributed by atoms with van der Waals surface area (Å²) in [6, 6.07) is 9.39. The lowest BCUT2D eigenvalue weighted by atomic mass is 10.1. The van der Waals surface area contributed by atoms with Crippen molar-refractivity contribution in [1.82, 2.24) is 9.88 Å². The summed E-state index contributed by atoms with van der Waals surface area (Å²) in [5.41, 5.74) is 4.20. The van der Waals surface area contributed by atoms with Crippen molar-refractivity contribution in [3.8, 4) is 0 Å². The largest absolute Gasteiger partial charge is 0.346 e. The normalized spacial score (nSPS) is 16.8. The van der Waals surface area contributed by atoms with Gasteiger partial charge in [-0.15, -0.1) is 0 Å². The summed E-state index contributed by atoms with van der Waals surface area (Å²) in [5.74, 6) is 1.00. The zero-order valence-corrected chi connectivity index (χ0v) is 12.9. The van der Waals surface area contributed by atoms with Gasteiger partial charge >= 0.3 is 0 Å². The van der Waals surface area contributed by atoms with Crippen molar-refractivity contribution in [2.75, 3.05) is 0 Å². The lowest BCUT2D eigenvalue weighted by Crippen LogP contribution is -2.29. The number of benzene rings is 1. The van der Waals surface area contributed by atoms with E-state index in [-0.39, 0.29) is 0 Å². The summed E-state index contributed by atoms with van der Waals surface area (Å²) in [7, 11) is 2.19. The topological polar surface area (TPSA) is 17.0 Å². The predicted octanol–water partition coefficient (Wildman–Crippen LogP) is 4.16. The van der Waals surface area contributed by atoms with Gasteiger partial charge < -0.3 is 9.88 Å². The van der Waals surface area contributed by atoms with Gasteiger partial charge in [0.05, 0.1) is 0 Å². The second-order valence-electron chi connectivity index (χ2n) is 6.31. The summed E-state index contributed by atoms with van der Waals surface area (Å²) >= 11 is 0. The smallest absolute Gasteiger partial charge is 0.0483 e. The minimum Gasteiger partial charge on any atom is -0.346 e. The van der Waals surface area contributed by atoms with Gasteiger partial charge in [0.2, 0.25) is 0 Å². The fourth-order valence-electron chi connectivity index (χ4n) is 3.28. The molecule has 108 valence electrons. The first kappa shape index (κ1) is 13.7. The Labute approximate surface area is 122 Å². The molecule has 0 amide bonds. The molecular weight excluding hydrogens is 244 g/mol. The highest BCUT2D eigenvalue weighted by Gasteiger charge is 2.24. The minimum absolute atomic E-state index is 0.680. The molecule has 1 aliphatic carbocycles. The van der Waals surface area contributed by atoms with E-state index in [1.165, 1.54) is 47.8 Å². The van der Waals surface area contributed by atoms with Crippen LogP contribution in [0.25, 0.3) is 10.9 Å². The second kappa shape index (κ2) is 5.61. The lowest BCUT2D eigenvalue weighted by Gasteiger charge is -2.17. The van der Waals surface area contributed by atoms with Crippen molar-refractivity contribution in [2.24, 2.45) is 13.0 Å². The van der Waals surface area contributed by atoms with E-state index in [4.69, 9.17) is 0 Å². The Kier molecular flexibility index (Phi) is 3.84. The average molecular weight is 270 g/mol. The molecule has 2 heteroatoms. The molecule has 1 heterocycles. The standard InChI is InChI=1S/C18H26N2/c1-4-15(11-14-9-10-14)19-12-18-13(2)16-7-5-6-8-17(16)20(18)3/h5-8,14-15,19H,4,9-12H2,1-3H3. The highest BCUT2D eigenvalue weighted by Crippen LogP contribution is 2.34. The minimum atomic E-state index is 0.680. The van der Waals surface area contributed by atoms with Gasteiger partial charge in [0, 0.05) is 36.2 Å². The first-order valence-electron chi connectivity index (χ1n) is 7.97. The fraction of sp³-hybridized carbons (Fsp3) is 0.556. The van der Waals surface area contributed by atoms with Crippen LogP contribution in [0.4, 0.5) is 0 Å². The number of aromatic nitrogens is 1. The molecule has 1 aromatic carbocycles. The molecule has 1 saturated carbocycles. The molecule has 3 rings (SSSR count). The van der Waals surface area contributed by atoms with E-state index in [1.54, 1.807) is 0 Å². The molecular formula is C18H26N2. The molecule has 2 aromatic rings. The third-order valence-corrected chi connectivity index (χ3v) is 4.87. The third kappa shape index (κ3) is 2.62. The van der Waals surface area contributed by atoms with Gasteiger partial charge in [-0.1, -0.05) is 38.0 Å². The van der Waals surface area contributed by atoms with E-state index in [0.717, 1.165) is 12.5 Å². The Hall–Kier alpha value is -1.28. The van der Waals surface area contributed by atoms with Crippen molar-refractivity contribution >= 4 is 10.9 Å². The summed E-state index contributed by atoms with van der Waals surface area (Å²) in [4.78, 5) is 0. The molecule has 20 heavy (non-hydrogen) atoms. The number of para-hydroxylation sites is 1. The van der Waals surface area contributed by atoms with Gasteiger partial charge in [-0.25, -0.2) is 0 Å². The molecule has 0 aliphatic heterocycles. The van der Waals surface area contributed by atoms with Crippen molar-refractivity contribution in [1.29, 1.82) is 0 Å². The van der Waals surface area contributed by atoms with E-state index >= 15 is 0 Å². The van der Waals surface area contributed by atoms with Gasteiger partial charge in [-0.05, 0) is 37.3 Å². The van der Waals surface area contributed by atoms with Crippen molar-refractivity contribution < 1.29 is 0 Å². The summed E-state index contributed by atoms with van der Waals surface area (Å²) in [6.07, 6.45) is 5.50. The highest BCUT2D eigenvalue weighted by atomic mass is 15.0. The first-order valence-corrected chi connectivity index (χ1v) is 7.97. The zero-order chi connectivity index (χ0) is 14.1. The van der Waals surface area contributed by atoms with Crippen LogP contribution in [0.2, 0.25) is 0 Å². The van der Waals surface area contributed by atoms with E-state index in [2.05, 4.69) is 55.0 Å². The maximum atomic E-state index is 3.78. The predicted molar refractivity (Wildman–Crippen MR) is 85.9 cm³/mol. The number of nitrogens with zero attached hydrogens (tertiary/aromatic N) is 1. The Morgan fingerprint density at radius 1 is 1.30 bits per heavy atom. The summed E-state index contributed by atoms with van der Waals surface area (Å²) in [5, 5.41) is 5.17. The molecule has 1 atom stereocenters. The van der Waals surface area contributed by atoms with Crippen LogP contribution in [0.3, 0.4) is 0 Å². The van der Waals surface area contributed by atoms with Gasteiger partial charge in [-0.2, -0.15) is 0 Å². The number of rotatable bonds is 6. The summed E-state index contributed by atoms with van der Waals surface area (Å²) < 4.78 is 2.35. The van der Waals surface area contributed by atoms with Crippen molar-refractivity contribution in [2.45, 2.75) is 52.1 Å². The number of hydrogen-bond donors (Lipinski definition) is 1. The molecule has 0 radical (unpaired) electrons. The van der Waals surface area contributed by atoms with E-state index in [1.807, 2.05) is 0 Å². The number of aryl methyl sites for hydroxylation is 2. The summed E-state index contributed by atoms with van der Waals surface area (Å²) in [6.45, 7) is 5.54. The molecule has 1 N–H and O–H groups in total. The molecule has 1 fully saturated rings. The van der Waals surface area contributed by atoms with Crippen LogP contribution in [-0.2, 0) is 13.6 Å². The fourth-order valence-corrected chi connectivity index (χ4v) is 3.28. The SMILES string of the molecule is CCC(CC1CC1)NCc1c(C)c2ccccc2n1C. The van der Waals surface area contributed by atoms with Gasteiger partial charge in [0.15, 0.2) is 0 Å². The maximum Gasteiger partial charge on any atom is 0.0483 e. The maximum absolute atomic E-state index is 3.78. The Balaban J connectivity index is 1.76. The molecule has 0 saturated heterocycles. The van der Waals surface area contributed by atoms with E-state index in [0.29, 0.717) is 6.04 Å². The van der Waals surface area contributed by atoms with E-state index in [9.17, 15) is 0 Å².